The summed E-state index contributed by atoms with van der Waals surface area (Å²) in [4.78, 5) is 28.8. The number of para-hydroxylation sites is 2. The number of amides is 1. The van der Waals surface area contributed by atoms with Crippen LogP contribution in [0, 0.1) is 5.41 Å². The third kappa shape index (κ3) is 4.84. The van der Waals surface area contributed by atoms with Gasteiger partial charge in [-0.05, 0) is 53.8 Å². The molecule has 1 aliphatic carbocycles. The summed E-state index contributed by atoms with van der Waals surface area (Å²) in [6, 6.07) is 18.6. The SMILES string of the molecule is CC1(C)CC(=O)C2=C(C1)Nc1ccccc1N(CC(=O)NCc1ccco1)C2c1ccc(Cl)cc1. The normalized spacial score (nSPS) is 18.9. The lowest BCUT2D eigenvalue weighted by atomic mass is 9.73. The van der Waals surface area contributed by atoms with Crippen LogP contribution in [0.15, 0.2) is 82.6 Å². The van der Waals surface area contributed by atoms with Crippen molar-refractivity contribution in [1.29, 1.82) is 0 Å². The number of anilines is 2. The molecule has 0 radical (unpaired) electrons. The van der Waals surface area contributed by atoms with Crippen LogP contribution < -0.4 is 15.5 Å². The number of rotatable bonds is 5. The van der Waals surface area contributed by atoms with Crippen LogP contribution in [0.1, 0.15) is 44.1 Å². The van der Waals surface area contributed by atoms with Gasteiger partial charge in [-0.25, -0.2) is 0 Å². The van der Waals surface area contributed by atoms with Crippen molar-refractivity contribution in [3.8, 4) is 0 Å². The molecule has 1 unspecified atom stereocenters. The van der Waals surface area contributed by atoms with E-state index in [1.807, 2.05) is 59.5 Å². The summed E-state index contributed by atoms with van der Waals surface area (Å²) in [7, 11) is 0. The highest BCUT2D eigenvalue weighted by Crippen LogP contribution is 2.48. The van der Waals surface area contributed by atoms with Crippen molar-refractivity contribution in [2.75, 3.05) is 16.8 Å². The summed E-state index contributed by atoms with van der Waals surface area (Å²) >= 11 is 6.20. The molecule has 180 valence electrons. The lowest BCUT2D eigenvalue weighted by Gasteiger charge is -2.37. The van der Waals surface area contributed by atoms with Gasteiger partial charge in [0, 0.05) is 22.7 Å². The summed E-state index contributed by atoms with van der Waals surface area (Å²) in [6.07, 6.45) is 2.77. The maximum Gasteiger partial charge on any atom is 0.239 e. The van der Waals surface area contributed by atoms with Crippen LogP contribution in [0.25, 0.3) is 0 Å². The third-order valence-electron chi connectivity index (χ3n) is 6.54. The van der Waals surface area contributed by atoms with Gasteiger partial charge in [-0.2, -0.15) is 0 Å². The standard InChI is InChI=1S/C28H28ClN3O3/c1-28(2)14-22-26(24(33)15-28)27(18-9-11-19(29)12-10-18)32(23-8-4-3-7-21(23)31-22)17-25(34)30-16-20-6-5-13-35-20/h3-13,27,31H,14-17H2,1-2H3,(H,30,34). The maximum atomic E-state index is 13.6. The topological polar surface area (TPSA) is 74.6 Å². The fourth-order valence-electron chi connectivity index (χ4n) is 5.03. The van der Waals surface area contributed by atoms with E-state index in [0.29, 0.717) is 29.3 Å². The Bertz CT molecular complexity index is 1280. The number of carbonyl (C=O) groups excluding carboxylic acids is 2. The van der Waals surface area contributed by atoms with E-state index in [4.69, 9.17) is 16.0 Å². The average molecular weight is 490 g/mol. The van der Waals surface area contributed by atoms with Gasteiger partial charge in [-0.15, -0.1) is 0 Å². The Hall–Kier alpha value is -3.51. The molecule has 0 bridgehead atoms. The monoisotopic (exact) mass is 489 g/mol. The first kappa shape index (κ1) is 23.2. The molecule has 1 aliphatic heterocycles. The van der Waals surface area contributed by atoms with Gasteiger partial charge in [0.05, 0.1) is 36.8 Å². The van der Waals surface area contributed by atoms with Crippen molar-refractivity contribution >= 4 is 34.7 Å². The number of furan rings is 1. The zero-order chi connectivity index (χ0) is 24.6. The molecule has 2 heterocycles. The zero-order valence-electron chi connectivity index (χ0n) is 19.8. The molecule has 3 aromatic rings. The number of hydrogen-bond donors (Lipinski definition) is 2. The zero-order valence-corrected chi connectivity index (χ0v) is 20.6. The molecule has 0 saturated heterocycles. The minimum atomic E-state index is -0.434. The second kappa shape index (κ2) is 9.27. The van der Waals surface area contributed by atoms with Crippen molar-refractivity contribution in [1.82, 2.24) is 5.32 Å². The van der Waals surface area contributed by atoms with E-state index < -0.39 is 6.04 Å². The Balaban J connectivity index is 1.60. The molecule has 2 aliphatic rings. The average Bonchev–Trinajstić information content (AvgIpc) is 3.29. The number of halogens is 1. The van der Waals surface area contributed by atoms with Crippen molar-refractivity contribution in [2.45, 2.75) is 39.3 Å². The Labute approximate surface area is 210 Å². The molecular formula is C28H28ClN3O3. The highest BCUT2D eigenvalue weighted by atomic mass is 35.5. The molecule has 2 aromatic carbocycles. The van der Waals surface area contributed by atoms with Gasteiger partial charge < -0.3 is 20.0 Å². The van der Waals surface area contributed by atoms with Crippen LogP contribution in [0.4, 0.5) is 11.4 Å². The first-order valence-corrected chi connectivity index (χ1v) is 12.1. The maximum absolute atomic E-state index is 13.6. The number of allylic oxidation sites excluding steroid dienone is 1. The second-order valence-electron chi connectivity index (χ2n) is 9.91. The predicted molar refractivity (Wildman–Crippen MR) is 137 cm³/mol. The number of Topliss-reactive ketones (excluding diaryl/α,β-unsaturated/α-hetero) is 1. The van der Waals surface area contributed by atoms with E-state index in [9.17, 15) is 9.59 Å². The molecule has 6 nitrogen and oxygen atoms in total. The first-order valence-electron chi connectivity index (χ1n) is 11.7. The highest BCUT2D eigenvalue weighted by Gasteiger charge is 2.41. The number of fused-ring (bicyclic) bond motifs is 1. The fraction of sp³-hybridized carbons (Fsp3) is 0.286. The van der Waals surface area contributed by atoms with Crippen LogP contribution >= 0.6 is 11.6 Å². The number of benzene rings is 2. The van der Waals surface area contributed by atoms with E-state index in [2.05, 4.69) is 24.5 Å². The van der Waals surface area contributed by atoms with Gasteiger partial charge >= 0.3 is 0 Å². The Morgan fingerprint density at radius 3 is 2.63 bits per heavy atom. The predicted octanol–water partition coefficient (Wildman–Crippen LogP) is 5.87. The van der Waals surface area contributed by atoms with Gasteiger partial charge in [0.1, 0.15) is 5.76 Å². The molecule has 0 fully saturated rings. The van der Waals surface area contributed by atoms with E-state index in [-0.39, 0.29) is 23.7 Å². The first-order chi connectivity index (χ1) is 16.8. The van der Waals surface area contributed by atoms with Crippen molar-refractivity contribution in [3.63, 3.8) is 0 Å². The van der Waals surface area contributed by atoms with E-state index in [0.717, 1.165) is 29.1 Å². The number of hydrogen-bond acceptors (Lipinski definition) is 5. The van der Waals surface area contributed by atoms with Crippen molar-refractivity contribution < 1.29 is 14.0 Å². The van der Waals surface area contributed by atoms with Gasteiger partial charge in [0.2, 0.25) is 5.91 Å². The van der Waals surface area contributed by atoms with E-state index >= 15 is 0 Å². The Morgan fingerprint density at radius 1 is 1.11 bits per heavy atom. The number of ketones is 1. The van der Waals surface area contributed by atoms with Gasteiger partial charge in [-0.1, -0.05) is 49.7 Å². The van der Waals surface area contributed by atoms with Crippen molar-refractivity contribution in [3.05, 3.63) is 94.5 Å². The second-order valence-corrected chi connectivity index (χ2v) is 10.3. The minimum Gasteiger partial charge on any atom is -0.467 e. The minimum absolute atomic E-state index is 0.0696. The molecule has 0 spiro atoms. The molecule has 1 amide bonds. The number of nitrogens with zero attached hydrogens (tertiary/aromatic N) is 1. The molecular weight excluding hydrogens is 462 g/mol. The molecule has 2 N–H and O–H groups in total. The quantitative estimate of drug-likeness (QED) is 0.469. The lowest BCUT2D eigenvalue weighted by Crippen LogP contribution is -2.41. The van der Waals surface area contributed by atoms with Gasteiger partial charge in [0.25, 0.3) is 0 Å². The molecule has 5 rings (SSSR count). The molecule has 1 atom stereocenters. The summed E-state index contributed by atoms with van der Waals surface area (Å²) in [5.74, 6) is 0.612. The van der Waals surface area contributed by atoms with Crippen LogP contribution in [0.2, 0.25) is 5.02 Å². The van der Waals surface area contributed by atoms with Gasteiger partial charge in [0.15, 0.2) is 5.78 Å². The molecule has 0 saturated carbocycles. The summed E-state index contributed by atoms with van der Waals surface area (Å²) < 4.78 is 5.35. The highest BCUT2D eigenvalue weighted by molar-refractivity contribution is 6.30. The van der Waals surface area contributed by atoms with Crippen LogP contribution in [-0.4, -0.2) is 18.2 Å². The summed E-state index contributed by atoms with van der Waals surface area (Å²) in [5, 5.41) is 7.12. The number of carbonyl (C=O) groups is 2. The van der Waals surface area contributed by atoms with Crippen LogP contribution in [0.3, 0.4) is 0 Å². The van der Waals surface area contributed by atoms with E-state index in [1.54, 1.807) is 12.3 Å². The molecule has 1 aromatic heterocycles. The van der Waals surface area contributed by atoms with Crippen molar-refractivity contribution in [2.24, 2.45) is 5.41 Å². The summed E-state index contributed by atoms with van der Waals surface area (Å²) in [5.41, 5.74) is 4.12. The Morgan fingerprint density at radius 2 is 1.89 bits per heavy atom. The van der Waals surface area contributed by atoms with Gasteiger partial charge in [-0.3, -0.25) is 9.59 Å². The van der Waals surface area contributed by atoms with Crippen LogP contribution in [0.5, 0.6) is 0 Å². The fourth-order valence-corrected chi connectivity index (χ4v) is 5.15. The molecule has 35 heavy (non-hydrogen) atoms. The molecule has 7 heteroatoms. The number of nitrogens with one attached hydrogen (secondary N) is 2. The largest absolute Gasteiger partial charge is 0.467 e. The third-order valence-corrected chi connectivity index (χ3v) is 6.80. The van der Waals surface area contributed by atoms with Crippen LogP contribution in [-0.2, 0) is 16.1 Å². The summed E-state index contributed by atoms with van der Waals surface area (Å²) in [6.45, 7) is 4.60. The lowest BCUT2D eigenvalue weighted by molar-refractivity contribution is -0.121. The Kier molecular flexibility index (Phi) is 6.15. The van der Waals surface area contributed by atoms with E-state index in [1.165, 1.54) is 0 Å². The smallest absolute Gasteiger partial charge is 0.239 e.